The van der Waals surface area contributed by atoms with Gasteiger partial charge in [-0.25, -0.2) is 4.98 Å². The van der Waals surface area contributed by atoms with Gasteiger partial charge in [0.2, 0.25) is 0 Å². The molecule has 134 valence electrons. The van der Waals surface area contributed by atoms with E-state index in [9.17, 15) is 0 Å². The molecule has 0 radical (unpaired) electrons. The second-order valence-corrected chi connectivity index (χ2v) is 7.29. The highest BCUT2D eigenvalue weighted by molar-refractivity contribution is 7.80. The van der Waals surface area contributed by atoms with E-state index in [1.165, 1.54) is 5.56 Å². The molecule has 1 unspecified atom stereocenters. The summed E-state index contributed by atoms with van der Waals surface area (Å²) in [5, 5.41) is 4.19. The van der Waals surface area contributed by atoms with E-state index in [2.05, 4.69) is 58.5 Å². The summed E-state index contributed by atoms with van der Waals surface area (Å²) in [6.07, 6.45) is 3.32. The SMILES string of the molecule is CCc1ccc(NC(=S)N2CCCC(c3nc4ccccc4[nH]3)C2)cc1. The number of H-pyrrole nitrogens is 1. The van der Waals surface area contributed by atoms with E-state index in [4.69, 9.17) is 17.2 Å². The highest BCUT2D eigenvalue weighted by Gasteiger charge is 2.25. The Kier molecular flexibility index (Phi) is 4.89. The molecule has 1 aliphatic rings. The normalized spacial score (nSPS) is 17.4. The van der Waals surface area contributed by atoms with Gasteiger partial charge in [-0.3, -0.25) is 0 Å². The molecule has 5 heteroatoms. The molecule has 26 heavy (non-hydrogen) atoms. The third kappa shape index (κ3) is 3.58. The third-order valence-corrected chi connectivity index (χ3v) is 5.48. The number of hydrogen-bond donors (Lipinski definition) is 2. The number of nitrogens with zero attached hydrogens (tertiary/aromatic N) is 2. The Hall–Kier alpha value is -2.40. The van der Waals surface area contributed by atoms with Crippen molar-refractivity contribution in [3.05, 3.63) is 59.9 Å². The van der Waals surface area contributed by atoms with Crippen molar-refractivity contribution in [2.75, 3.05) is 18.4 Å². The van der Waals surface area contributed by atoms with E-state index in [1.54, 1.807) is 0 Å². The standard InChI is InChI=1S/C21H24N4S/c1-2-15-9-11-17(12-10-15)22-21(26)25-13-5-6-16(14-25)20-23-18-7-3-4-8-19(18)24-20/h3-4,7-12,16H,2,5-6,13-14H2,1H3,(H,22,26)(H,23,24). The number of nitrogens with one attached hydrogen (secondary N) is 2. The molecule has 3 aromatic rings. The van der Waals surface area contributed by atoms with Gasteiger partial charge < -0.3 is 15.2 Å². The molecule has 1 atom stereocenters. The molecular formula is C21H24N4S. The first-order valence-corrected chi connectivity index (χ1v) is 9.73. The number of para-hydroxylation sites is 2. The number of anilines is 1. The molecule has 1 aromatic heterocycles. The minimum atomic E-state index is 0.387. The number of fused-ring (bicyclic) bond motifs is 1. The van der Waals surface area contributed by atoms with Crippen LogP contribution in [-0.2, 0) is 6.42 Å². The van der Waals surface area contributed by atoms with E-state index < -0.39 is 0 Å². The second kappa shape index (κ2) is 7.46. The molecule has 1 fully saturated rings. The Morgan fingerprint density at radius 3 is 2.81 bits per heavy atom. The molecule has 0 amide bonds. The zero-order chi connectivity index (χ0) is 17.9. The van der Waals surface area contributed by atoms with Crippen molar-refractivity contribution in [3.63, 3.8) is 0 Å². The molecule has 0 saturated carbocycles. The van der Waals surface area contributed by atoms with Crippen molar-refractivity contribution < 1.29 is 0 Å². The van der Waals surface area contributed by atoms with E-state index in [1.807, 2.05) is 12.1 Å². The third-order valence-electron chi connectivity index (χ3n) is 5.12. The summed E-state index contributed by atoms with van der Waals surface area (Å²) in [7, 11) is 0. The summed E-state index contributed by atoms with van der Waals surface area (Å²) >= 11 is 5.67. The van der Waals surface area contributed by atoms with Gasteiger partial charge in [0.25, 0.3) is 0 Å². The zero-order valence-corrected chi connectivity index (χ0v) is 15.9. The molecule has 2 aromatic carbocycles. The average molecular weight is 365 g/mol. The number of hydrogen-bond acceptors (Lipinski definition) is 2. The molecule has 2 heterocycles. The number of benzene rings is 2. The highest BCUT2D eigenvalue weighted by atomic mass is 32.1. The molecule has 0 spiro atoms. The zero-order valence-electron chi connectivity index (χ0n) is 15.0. The largest absolute Gasteiger partial charge is 0.348 e. The van der Waals surface area contributed by atoms with Gasteiger partial charge in [0.05, 0.1) is 11.0 Å². The monoisotopic (exact) mass is 364 g/mol. The topological polar surface area (TPSA) is 44.0 Å². The van der Waals surface area contributed by atoms with Crippen molar-refractivity contribution in [3.8, 4) is 0 Å². The van der Waals surface area contributed by atoms with Crippen LogP contribution in [0.25, 0.3) is 11.0 Å². The van der Waals surface area contributed by atoms with Crippen LogP contribution < -0.4 is 5.32 Å². The molecule has 0 aliphatic carbocycles. The smallest absolute Gasteiger partial charge is 0.173 e. The number of aromatic nitrogens is 2. The van der Waals surface area contributed by atoms with Crippen LogP contribution in [0.15, 0.2) is 48.5 Å². The molecule has 1 aliphatic heterocycles. The lowest BCUT2D eigenvalue weighted by molar-refractivity contribution is 0.307. The van der Waals surface area contributed by atoms with Gasteiger partial charge in [0, 0.05) is 24.7 Å². The van der Waals surface area contributed by atoms with Crippen molar-refractivity contribution in [2.45, 2.75) is 32.1 Å². The van der Waals surface area contributed by atoms with Gasteiger partial charge in [-0.05, 0) is 61.3 Å². The van der Waals surface area contributed by atoms with E-state index >= 15 is 0 Å². The number of imidazole rings is 1. The maximum absolute atomic E-state index is 5.67. The van der Waals surface area contributed by atoms with Crippen LogP contribution in [0.3, 0.4) is 0 Å². The Morgan fingerprint density at radius 2 is 2.04 bits per heavy atom. The minimum Gasteiger partial charge on any atom is -0.348 e. The predicted octanol–water partition coefficient (Wildman–Crippen LogP) is 4.70. The molecular weight excluding hydrogens is 340 g/mol. The molecule has 4 nitrogen and oxygen atoms in total. The fraction of sp³-hybridized carbons (Fsp3) is 0.333. The first kappa shape index (κ1) is 17.0. The van der Waals surface area contributed by atoms with Crippen LogP contribution in [0.1, 0.15) is 37.1 Å². The average Bonchev–Trinajstić information content (AvgIpc) is 3.13. The van der Waals surface area contributed by atoms with Gasteiger partial charge in [-0.15, -0.1) is 0 Å². The van der Waals surface area contributed by atoms with Crippen LogP contribution in [-0.4, -0.2) is 33.1 Å². The summed E-state index contributed by atoms with van der Waals surface area (Å²) < 4.78 is 0. The second-order valence-electron chi connectivity index (χ2n) is 6.90. The summed E-state index contributed by atoms with van der Waals surface area (Å²) in [6, 6.07) is 16.7. The van der Waals surface area contributed by atoms with Crippen LogP contribution in [0, 0.1) is 0 Å². The van der Waals surface area contributed by atoms with Crippen LogP contribution in [0.2, 0.25) is 0 Å². The minimum absolute atomic E-state index is 0.387. The van der Waals surface area contributed by atoms with Crippen LogP contribution in [0.4, 0.5) is 5.69 Å². The first-order valence-electron chi connectivity index (χ1n) is 9.32. The summed E-state index contributed by atoms with van der Waals surface area (Å²) in [5.74, 6) is 1.46. The van der Waals surface area contributed by atoms with Gasteiger partial charge >= 0.3 is 0 Å². The molecule has 1 saturated heterocycles. The Balaban J connectivity index is 1.44. The van der Waals surface area contributed by atoms with Gasteiger partial charge in [-0.1, -0.05) is 31.2 Å². The molecule has 2 N–H and O–H groups in total. The number of piperidine rings is 1. The molecule has 4 rings (SSSR count). The number of rotatable bonds is 3. The van der Waals surface area contributed by atoms with Crippen LogP contribution in [0.5, 0.6) is 0 Å². The molecule has 0 bridgehead atoms. The number of aryl methyl sites for hydroxylation is 1. The maximum atomic E-state index is 5.67. The summed E-state index contributed by atoms with van der Waals surface area (Å²) in [4.78, 5) is 10.5. The number of aromatic amines is 1. The summed E-state index contributed by atoms with van der Waals surface area (Å²) in [6.45, 7) is 4.06. The Bertz CT molecular complexity index is 867. The van der Waals surface area contributed by atoms with Crippen molar-refractivity contribution in [1.29, 1.82) is 0 Å². The van der Waals surface area contributed by atoms with Gasteiger partial charge in [0.15, 0.2) is 5.11 Å². The van der Waals surface area contributed by atoms with Crippen molar-refractivity contribution in [1.82, 2.24) is 14.9 Å². The quantitative estimate of drug-likeness (QED) is 0.661. The van der Waals surface area contributed by atoms with E-state index in [-0.39, 0.29) is 0 Å². The predicted molar refractivity (Wildman–Crippen MR) is 112 cm³/mol. The van der Waals surface area contributed by atoms with Gasteiger partial charge in [0.1, 0.15) is 5.82 Å². The maximum Gasteiger partial charge on any atom is 0.173 e. The lowest BCUT2D eigenvalue weighted by Crippen LogP contribution is -2.41. The Labute approximate surface area is 159 Å². The van der Waals surface area contributed by atoms with Crippen LogP contribution >= 0.6 is 12.2 Å². The highest BCUT2D eigenvalue weighted by Crippen LogP contribution is 2.27. The fourth-order valence-electron chi connectivity index (χ4n) is 3.58. The van der Waals surface area contributed by atoms with E-state index in [0.717, 1.165) is 60.0 Å². The Morgan fingerprint density at radius 1 is 1.23 bits per heavy atom. The van der Waals surface area contributed by atoms with Crippen molar-refractivity contribution in [2.24, 2.45) is 0 Å². The first-order chi connectivity index (χ1) is 12.7. The summed E-state index contributed by atoms with van der Waals surface area (Å²) in [5.41, 5.74) is 4.54. The fourth-order valence-corrected chi connectivity index (χ4v) is 3.86. The number of likely N-dealkylation sites (tertiary alicyclic amines) is 1. The van der Waals surface area contributed by atoms with Crippen molar-refractivity contribution >= 4 is 34.1 Å². The lowest BCUT2D eigenvalue weighted by Gasteiger charge is -2.33. The lowest BCUT2D eigenvalue weighted by atomic mass is 9.98. The van der Waals surface area contributed by atoms with Gasteiger partial charge in [-0.2, -0.15) is 0 Å². The van der Waals surface area contributed by atoms with E-state index in [0.29, 0.717) is 5.92 Å². The number of thiocarbonyl (C=S) groups is 1.